The van der Waals surface area contributed by atoms with Crippen molar-refractivity contribution in [2.45, 2.75) is 17.8 Å². The molecule has 1 aromatic rings. The predicted molar refractivity (Wildman–Crippen MR) is 73.4 cm³/mol. The minimum atomic E-state index is -2.89. The average Bonchev–Trinajstić information content (AvgIpc) is 2.74. The topological polar surface area (TPSA) is 63.2 Å². The summed E-state index contributed by atoms with van der Waals surface area (Å²) in [6.45, 7) is 0.691. The van der Waals surface area contributed by atoms with Crippen LogP contribution in [0.25, 0.3) is 0 Å². The summed E-state index contributed by atoms with van der Waals surface area (Å²) in [6.07, 6.45) is 0. The molecule has 2 N–H and O–H groups in total. The molecule has 1 saturated heterocycles. The Morgan fingerprint density at radius 3 is 2.72 bits per heavy atom. The maximum Gasteiger partial charge on any atom is 0.305 e. The van der Waals surface area contributed by atoms with Gasteiger partial charge < -0.3 is 0 Å². The monoisotopic (exact) mass is 283 g/mol. The van der Waals surface area contributed by atoms with Crippen LogP contribution in [0.1, 0.15) is 5.56 Å². The van der Waals surface area contributed by atoms with Gasteiger partial charge >= 0.3 is 5.17 Å². The molecule has 1 fully saturated rings. The molecule has 2 heterocycles. The Morgan fingerprint density at radius 2 is 2.00 bits per heavy atom. The molecule has 96 valence electrons. The summed E-state index contributed by atoms with van der Waals surface area (Å²) in [7, 11) is -2.89. The van der Waals surface area contributed by atoms with Crippen molar-refractivity contribution < 1.29 is 13.0 Å². The second-order valence-electron chi connectivity index (χ2n) is 4.75. The lowest BCUT2D eigenvalue weighted by molar-refractivity contribution is -0.569. The lowest BCUT2D eigenvalue weighted by Crippen LogP contribution is -2.32. The smallest absolute Gasteiger partial charge is 0.281 e. The molecule has 0 saturated carbocycles. The van der Waals surface area contributed by atoms with Gasteiger partial charge in [0.2, 0.25) is 0 Å². The van der Waals surface area contributed by atoms with Crippen molar-refractivity contribution in [3.63, 3.8) is 0 Å². The van der Waals surface area contributed by atoms with Gasteiger partial charge in [-0.2, -0.15) is 0 Å². The van der Waals surface area contributed by atoms with Gasteiger partial charge in [-0.3, -0.25) is 5.73 Å². The normalized spacial score (nSPS) is 29.6. The van der Waals surface area contributed by atoms with Gasteiger partial charge in [0, 0.05) is 0 Å². The first-order valence-electron chi connectivity index (χ1n) is 5.85. The maximum atomic E-state index is 11.7. The van der Waals surface area contributed by atoms with E-state index in [1.54, 1.807) is 0 Å². The Morgan fingerprint density at radius 1 is 1.28 bits per heavy atom. The molecular formula is C12H15N2O2S2+. The highest BCUT2D eigenvalue weighted by Gasteiger charge is 2.48. The molecule has 4 nitrogen and oxygen atoms in total. The van der Waals surface area contributed by atoms with Gasteiger partial charge in [0.05, 0.1) is 16.8 Å². The van der Waals surface area contributed by atoms with E-state index in [1.165, 1.54) is 11.8 Å². The van der Waals surface area contributed by atoms with Crippen LogP contribution in [0.3, 0.4) is 0 Å². The first kappa shape index (κ1) is 12.0. The van der Waals surface area contributed by atoms with Crippen LogP contribution in [0.4, 0.5) is 0 Å². The van der Waals surface area contributed by atoms with Gasteiger partial charge in [0.1, 0.15) is 12.6 Å². The van der Waals surface area contributed by atoms with Gasteiger partial charge in [-0.15, -0.1) is 0 Å². The molecule has 0 spiro atoms. The fourth-order valence-corrected chi connectivity index (χ4v) is 6.41. The molecule has 2 unspecified atom stereocenters. The third-order valence-electron chi connectivity index (χ3n) is 3.42. The second kappa shape index (κ2) is 4.28. The van der Waals surface area contributed by atoms with Gasteiger partial charge in [-0.1, -0.05) is 30.3 Å². The van der Waals surface area contributed by atoms with Gasteiger partial charge in [-0.05, 0) is 17.3 Å². The third kappa shape index (κ3) is 2.14. The summed E-state index contributed by atoms with van der Waals surface area (Å²) in [4.78, 5) is 0. The van der Waals surface area contributed by atoms with E-state index in [0.717, 1.165) is 10.7 Å². The largest absolute Gasteiger partial charge is 0.305 e. The number of nitrogens with two attached hydrogens (primary N) is 1. The lowest BCUT2D eigenvalue weighted by Gasteiger charge is -2.10. The number of nitrogens with zero attached hydrogens (tertiary/aromatic N) is 1. The Balaban J connectivity index is 1.86. The maximum absolute atomic E-state index is 11.7. The molecule has 6 heteroatoms. The molecule has 2 aliphatic heterocycles. The quantitative estimate of drug-likeness (QED) is 0.799. The summed E-state index contributed by atoms with van der Waals surface area (Å²) < 4.78 is 25.4. The molecule has 2 atom stereocenters. The number of amidine groups is 1. The van der Waals surface area contributed by atoms with Crippen LogP contribution in [-0.2, 0) is 16.4 Å². The lowest BCUT2D eigenvalue weighted by atomic mass is 10.2. The molecule has 0 amide bonds. The SMILES string of the molecule is NC1=[N+](Cc2ccccc2)C2CS(=O)(=O)CC2S1. The van der Waals surface area contributed by atoms with Crippen molar-refractivity contribution in [1.82, 2.24) is 0 Å². The van der Waals surface area contributed by atoms with Gasteiger partial charge in [0.15, 0.2) is 9.84 Å². The van der Waals surface area contributed by atoms with Crippen LogP contribution in [0.5, 0.6) is 0 Å². The minimum Gasteiger partial charge on any atom is -0.281 e. The van der Waals surface area contributed by atoms with Crippen LogP contribution < -0.4 is 5.73 Å². The van der Waals surface area contributed by atoms with E-state index in [1.807, 2.05) is 34.9 Å². The molecule has 18 heavy (non-hydrogen) atoms. The highest BCUT2D eigenvalue weighted by Crippen LogP contribution is 2.33. The van der Waals surface area contributed by atoms with E-state index >= 15 is 0 Å². The molecule has 0 aromatic heterocycles. The summed E-state index contributed by atoms with van der Waals surface area (Å²) in [5, 5.41) is 0.863. The molecule has 3 rings (SSSR count). The Labute approximate surface area is 111 Å². The zero-order chi connectivity index (χ0) is 12.8. The van der Waals surface area contributed by atoms with Crippen molar-refractivity contribution in [2.24, 2.45) is 5.73 Å². The first-order valence-corrected chi connectivity index (χ1v) is 8.55. The Bertz CT molecular complexity index is 596. The van der Waals surface area contributed by atoms with E-state index in [-0.39, 0.29) is 22.8 Å². The summed E-state index contributed by atoms with van der Waals surface area (Å²) in [5.74, 6) is 0.493. The summed E-state index contributed by atoms with van der Waals surface area (Å²) in [5.41, 5.74) is 7.17. The number of sulfone groups is 1. The molecule has 1 aromatic carbocycles. The summed E-state index contributed by atoms with van der Waals surface area (Å²) >= 11 is 1.51. The zero-order valence-electron chi connectivity index (χ0n) is 9.82. The second-order valence-corrected chi connectivity index (χ2v) is 8.17. The molecule has 0 radical (unpaired) electrons. The van der Waals surface area contributed by atoms with Crippen LogP contribution in [0.15, 0.2) is 30.3 Å². The molecule has 2 aliphatic rings. The number of thioether (sulfide) groups is 1. The van der Waals surface area contributed by atoms with Crippen LogP contribution in [-0.4, -0.2) is 41.0 Å². The van der Waals surface area contributed by atoms with E-state index in [0.29, 0.717) is 6.54 Å². The van der Waals surface area contributed by atoms with E-state index in [9.17, 15) is 8.42 Å². The number of benzene rings is 1. The number of rotatable bonds is 2. The molecule has 0 bridgehead atoms. The summed E-state index contributed by atoms with van der Waals surface area (Å²) in [6, 6.07) is 10.1. The van der Waals surface area contributed by atoms with Gasteiger partial charge in [-0.25, -0.2) is 13.0 Å². The Hall–Kier alpha value is -1.01. The van der Waals surface area contributed by atoms with Crippen molar-refractivity contribution in [3.05, 3.63) is 35.9 Å². The van der Waals surface area contributed by atoms with Crippen molar-refractivity contribution in [3.8, 4) is 0 Å². The van der Waals surface area contributed by atoms with Crippen molar-refractivity contribution >= 4 is 26.8 Å². The number of hydrogen-bond acceptors (Lipinski definition) is 4. The minimum absolute atomic E-state index is 0.0419. The fraction of sp³-hybridized carbons (Fsp3) is 0.417. The van der Waals surface area contributed by atoms with Crippen molar-refractivity contribution in [2.75, 3.05) is 11.5 Å². The average molecular weight is 283 g/mol. The van der Waals surface area contributed by atoms with E-state index in [2.05, 4.69) is 0 Å². The van der Waals surface area contributed by atoms with Crippen LogP contribution in [0, 0.1) is 0 Å². The first-order chi connectivity index (χ1) is 8.55. The standard InChI is InChI=1S/C12H14N2O2S2/c13-12-14(6-9-4-2-1-3-5-9)10-7-18(15,16)8-11(10)17-12/h1-5,10-11,13H,6-8H2/p+1. The van der Waals surface area contributed by atoms with E-state index in [4.69, 9.17) is 5.73 Å². The molecular weight excluding hydrogens is 268 g/mol. The number of hydrogen-bond donors (Lipinski definition) is 1. The zero-order valence-corrected chi connectivity index (χ0v) is 11.5. The predicted octanol–water partition coefficient (Wildman–Crippen LogP) is 0.426. The van der Waals surface area contributed by atoms with Gasteiger partial charge in [0.25, 0.3) is 0 Å². The third-order valence-corrected chi connectivity index (χ3v) is 6.61. The highest BCUT2D eigenvalue weighted by molar-refractivity contribution is 8.15. The number of fused-ring (bicyclic) bond motifs is 1. The fourth-order valence-electron chi connectivity index (χ4n) is 2.56. The van der Waals surface area contributed by atoms with Crippen LogP contribution >= 0.6 is 11.8 Å². The molecule has 0 aliphatic carbocycles. The Kier molecular flexibility index (Phi) is 2.86. The van der Waals surface area contributed by atoms with Crippen LogP contribution in [0.2, 0.25) is 0 Å². The van der Waals surface area contributed by atoms with E-state index < -0.39 is 9.84 Å². The highest BCUT2D eigenvalue weighted by atomic mass is 32.2. The van der Waals surface area contributed by atoms with Crippen molar-refractivity contribution in [1.29, 1.82) is 0 Å².